The SMILES string of the molecule is COc1ccc(C(NC(=O)NCC(C)N2CCOCC2)C(C)C)cc1. The van der Waals surface area contributed by atoms with E-state index in [-0.39, 0.29) is 18.0 Å². The van der Waals surface area contributed by atoms with E-state index in [1.165, 1.54) is 0 Å². The summed E-state index contributed by atoms with van der Waals surface area (Å²) in [5.41, 5.74) is 1.08. The van der Waals surface area contributed by atoms with Crippen LogP contribution in [0.1, 0.15) is 32.4 Å². The third-order valence-electron chi connectivity index (χ3n) is 4.66. The molecular formula is C19H31N3O3. The first-order chi connectivity index (χ1) is 12.0. The minimum Gasteiger partial charge on any atom is -0.497 e. The smallest absolute Gasteiger partial charge is 0.315 e. The molecule has 140 valence electrons. The molecule has 2 unspecified atom stereocenters. The molecule has 0 spiro atoms. The van der Waals surface area contributed by atoms with Crippen molar-refractivity contribution in [3.63, 3.8) is 0 Å². The minimum atomic E-state index is -0.130. The fourth-order valence-corrected chi connectivity index (χ4v) is 3.03. The van der Waals surface area contributed by atoms with E-state index in [2.05, 4.69) is 36.3 Å². The molecule has 1 aromatic rings. The second kappa shape index (κ2) is 9.63. The highest BCUT2D eigenvalue weighted by atomic mass is 16.5. The second-order valence-corrected chi connectivity index (χ2v) is 6.85. The van der Waals surface area contributed by atoms with Gasteiger partial charge in [0.15, 0.2) is 0 Å². The number of urea groups is 1. The number of carbonyl (C=O) groups is 1. The maximum atomic E-state index is 12.4. The number of hydrogen-bond acceptors (Lipinski definition) is 4. The molecule has 6 heteroatoms. The first kappa shape index (κ1) is 19.5. The van der Waals surface area contributed by atoms with Crippen LogP contribution in [0.2, 0.25) is 0 Å². The lowest BCUT2D eigenvalue weighted by molar-refractivity contribution is 0.0208. The van der Waals surface area contributed by atoms with Crippen molar-refractivity contribution >= 4 is 6.03 Å². The van der Waals surface area contributed by atoms with Crippen molar-refractivity contribution in [3.8, 4) is 5.75 Å². The average molecular weight is 349 g/mol. The fraction of sp³-hybridized carbons (Fsp3) is 0.632. The Bertz CT molecular complexity index is 527. The summed E-state index contributed by atoms with van der Waals surface area (Å²) in [4.78, 5) is 14.7. The van der Waals surface area contributed by atoms with Gasteiger partial charge in [0.1, 0.15) is 5.75 Å². The van der Waals surface area contributed by atoms with Gasteiger partial charge in [0.2, 0.25) is 0 Å². The maximum Gasteiger partial charge on any atom is 0.315 e. The molecule has 6 nitrogen and oxygen atoms in total. The molecule has 1 aliphatic rings. The number of amides is 2. The highest BCUT2D eigenvalue weighted by molar-refractivity contribution is 5.74. The molecule has 1 fully saturated rings. The fourth-order valence-electron chi connectivity index (χ4n) is 3.03. The van der Waals surface area contributed by atoms with Gasteiger partial charge >= 0.3 is 6.03 Å². The lowest BCUT2D eigenvalue weighted by Gasteiger charge is -2.32. The van der Waals surface area contributed by atoms with Crippen molar-refractivity contribution < 1.29 is 14.3 Å². The van der Waals surface area contributed by atoms with E-state index in [4.69, 9.17) is 9.47 Å². The van der Waals surface area contributed by atoms with Crippen LogP contribution in [0.15, 0.2) is 24.3 Å². The van der Waals surface area contributed by atoms with Crippen molar-refractivity contribution in [2.24, 2.45) is 5.92 Å². The summed E-state index contributed by atoms with van der Waals surface area (Å²) in [7, 11) is 1.65. The number of carbonyl (C=O) groups excluding carboxylic acids is 1. The third-order valence-corrected chi connectivity index (χ3v) is 4.66. The molecule has 2 amide bonds. The Hall–Kier alpha value is -1.79. The molecule has 0 aromatic heterocycles. The summed E-state index contributed by atoms with van der Waals surface area (Å²) in [6, 6.07) is 7.97. The standard InChI is InChI=1S/C19H31N3O3/c1-14(2)18(16-5-7-17(24-4)8-6-16)21-19(23)20-13-15(3)22-9-11-25-12-10-22/h5-8,14-15,18H,9-13H2,1-4H3,(H2,20,21,23). The van der Waals surface area contributed by atoms with Gasteiger partial charge in [0.25, 0.3) is 0 Å². The van der Waals surface area contributed by atoms with Crippen LogP contribution in [0.5, 0.6) is 5.75 Å². The summed E-state index contributed by atoms with van der Waals surface area (Å²) < 4.78 is 10.6. The van der Waals surface area contributed by atoms with Crippen LogP contribution in [0, 0.1) is 5.92 Å². The number of morpholine rings is 1. The molecular weight excluding hydrogens is 318 g/mol. The normalized spacial score (nSPS) is 17.8. The van der Waals surface area contributed by atoms with Crippen LogP contribution in [-0.2, 0) is 4.74 Å². The van der Waals surface area contributed by atoms with Gasteiger partial charge in [-0.1, -0.05) is 26.0 Å². The zero-order chi connectivity index (χ0) is 18.2. The Morgan fingerprint density at radius 3 is 2.40 bits per heavy atom. The Morgan fingerprint density at radius 2 is 1.84 bits per heavy atom. The van der Waals surface area contributed by atoms with Crippen LogP contribution in [0.3, 0.4) is 0 Å². The quantitative estimate of drug-likeness (QED) is 0.793. The summed E-state index contributed by atoms with van der Waals surface area (Å²) in [5, 5.41) is 6.09. The Labute approximate surface area is 150 Å². The van der Waals surface area contributed by atoms with Crippen molar-refractivity contribution in [1.82, 2.24) is 15.5 Å². The van der Waals surface area contributed by atoms with Gasteiger partial charge in [-0.05, 0) is 30.5 Å². The van der Waals surface area contributed by atoms with E-state index in [1.807, 2.05) is 24.3 Å². The van der Waals surface area contributed by atoms with Gasteiger partial charge in [-0.25, -0.2) is 4.79 Å². The van der Waals surface area contributed by atoms with Gasteiger partial charge in [0.05, 0.1) is 26.4 Å². The van der Waals surface area contributed by atoms with Gasteiger partial charge < -0.3 is 20.1 Å². The van der Waals surface area contributed by atoms with E-state index < -0.39 is 0 Å². The molecule has 0 radical (unpaired) electrons. The highest BCUT2D eigenvalue weighted by Crippen LogP contribution is 2.23. The molecule has 0 saturated carbocycles. The molecule has 1 aromatic carbocycles. The monoisotopic (exact) mass is 349 g/mol. The van der Waals surface area contributed by atoms with Crippen molar-refractivity contribution in [1.29, 1.82) is 0 Å². The third kappa shape index (κ3) is 5.90. The number of rotatable bonds is 7. The Balaban J connectivity index is 1.86. The van der Waals surface area contributed by atoms with Crippen molar-refractivity contribution in [2.45, 2.75) is 32.9 Å². The summed E-state index contributed by atoms with van der Waals surface area (Å²) in [6.07, 6.45) is 0. The molecule has 1 heterocycles. The average Bonchev–Trinajstić information content (AvgIpc) is 2.64. The predicted octanol–water partition coefficient (Wildman–Crippen LogP) is 2.41. The van der Waals surface area contributed by atoms with E-state index in [0.717, 1.165) is 37.6 Å². The van der Waals surface area contributed by atoms with E-state index in [1.54, 1.807) is 7.11 Å². The van der Waals surface area contributed by atoms with Crippen LogP contribution < -0.4 is 15.4 Å². The lowest BCUT2D eigenvalue weighted by atomic mass is 9.96. The van der Waals surface area contributed by atoms with E-state index in [9.17, 15) is 4.79 Å². The van der Waals surface area contributed by atoms with Gasteiger partial charge in [-0.3, -0.25) is 4.90 Å². The molecule has 2 atom stereocenters. The number of hydrogen-bond donors (Lipinski definition) is 2. The molecule has 25 heavy (non-hydrogen) atoms. The van der Waals surface area contributed by atoms with Crippen molar-refractivity contribution in [3.05, 3.63) is 29.8 Å². The second-order valence-electron chi connectivity index (χ2n) is 6.85. The van der Waals surface area contributed by atoms with Crippen molar-refractivity contribution in [2.75, 3.05) is 40.0 Å². The van der Waals surface area contributed by atoms with Gasteiger partial charge in [0, 0.05) is 25.7 Å². The zero-order valence-corrected chi connectivity index (χ0v) is 15.7. The first-order valence-corrected chi connectivity index (χ1v) is 9.01. The van der Waals surface area contributed by atoms with Crippen LogP contribution in [-0.4, -0.2) is 56.9 Å². The molecule has 1 saturated heterocycles. The van der Waals surface area contributed by atoms with E-state index >= 15 is 0 Å². The molecule has 2 N–H and O–H groups in total. The first-order valence-electron chi connectivity index (χ1n) is 9.01. The summed E-state index contributed by atoms with van der Waals surface area (Å²) in [5.74, 6) is 1.10. The molecule has 0 aliphatic carbocycles. The van der Waals surface area contributed by atoms with Gasteiger partial charge in [-0.15, -0.1) is 0 Å². The maximum absolute atomic E-state index is 12.4. The number of nitrogens with zero attached hydrogens (tertiary/aromatic N) is 1. The van der Waals surface area contributed by atoms with Crippen LogP contribution in [0.25, 0.3) is 0 Å². The highest BCUT2D eigenvalue weighted by Gasteiger charge is 2.20. The molecule has 2 rings (SSSR count). The number of ether oxygens (including phenoxy) is 2. The summed E-state index contributed by atoms with van der Waals surface area (Å²) in [6.45, 7) is 10.3. The lowest BCUT2D eigenvalue weighted by Crippen LogP contribution is -2.49. The Morgan fingerprint density at radius 1 is 1.20 bits per heavy atom. The van der Waals surface area contributed by atoms with Crippen LogP contribution >= 0.6 is 0 Å². The predicted molar refractivity (Wildman–Crippen MR) is 99.0 cm³/mol. The summed E-state index contributed by atoms with van der Waals surface area (Å²) >= 11 is 0. The molecule has 0 bridgehead atoms. The largest absolute Gasteiger partial charge is 0.497 e. The molecule has 1 aliphatic heterocycles. The number of nitrogens with one attached hydrogen (secondary N) is 2. The minimum absolute atomic E-state index is 0.0374. The number of methoxy groups -OCH3 is 1. The Kier molecular flexibility index (Phi) is 7.52. The zero-order valence-electron chi connectivity index (χ0n) is 15.7. The number of benzene rings is 1. The van der Waals surface area contributed by atoms with Crippen LogP contribution in [0.4, 0.5) is 4.79 Å². The van der Waals surface area contributed by atoms with E-state index in [0.29, 0.717) is 12.6 Å². The van der Waals surface area contributed by atoms with Gasteiger partial charge in [-0.2, -0.15) is 0 Å². The topological polar surface area (TPSA) is 62.8 Å².